The molecule has 5 rings (SSSR count). The monoisotopic (exact) mass is 486 g/mol. The molecule has 0 aromatic heterocycles. The highest BCUT2D eigenvalue weighted by Crippen LogP contribution is 2.51. The second-order valence-electron chi connectivity index (χ2n) is 10.1. The minimum Gasteiger partial charge on any atom is -0.454 e. The first-order valence-corrected chi connectivity index (χ1v) is 13.1. The molecule has 190 valence electrons. The van der Waals surface area contributed by atoms with Crippen LogP contribution >= 0.6 is 0 Å². The number of amides is 1. The van der Waals surface area contributed by atoms with Crippen molar-refractivity contribution < 1.29 is 15.7 Å². The fourth-order valence-corrected chi connectivity index (χ4v) is 5.03. The van der Waals surface area contributed by atoms with Crippen LogP contribution in [0.1, 0.15) is 57.6 Å². The molecule has 1 amide bonds. The Labute approximate surface area is 215 Å². The van der Waals surface area contributed by atoms with Gasteiger partial charge in [0, 0.05) is 13.7 Å². The van der Waals surface area contributed by atoms with Crippen molar-refractivity contribution in [3.63, 3.8) is 0 Å². The molecule has 2 aliphatic rings. The maximum atomic E-state index is 13.4. The van der Waals surface area contributed by atoms with Crippen LogP contribution < -0.4 is 20.1 Å². The number of aryl methyl sites for hydroxylation is 1. The van der Waals surface area contributed by atoms with Gasteiger partial charge in [-0.1, -0.05) is 63.1 Å². The highest BCUT2D eigenvalue weighted by atomic mass is 16.7. The van der Waals surface area contributed by atoms with E-state index in [-0.39, 0.29) is 14.1 Å². The van der Waals surface area contributed by atoms with Crippen LogP contribution in [0, 0.1) is 12.8 Å². The van der Waals surface area contributed by atoms with Gasteiger partial charge in [0.1, 0.15) is 0 Å². The van der Waals surface area contributed by atoms with Gasteiger partial charge in [0.15, 0.2) is 11.5 Å². The Morgan fingerprint density at radius 3 is 2.44 bits per heavy atom. The lowest BCUT2D eigenvalue weighted by Gasteiger charge is -2.17. The molecule has 5 heteroatoms. The molecule has 1 fully saturated rings. The number of hydrogen-bond acceptors (Lipinski definition) is 4. The molecule has 0 radical (unpaired) electrons. The van der Waals surface area contributed by atoms with Gasteiger partial charge in [-0.2, -0.15) is 0 Å². The second-order valence-corrected chi connectivity index (χ2v) is 10.1. The van der Waals surface area contributed by atoms with Crippen molar-refractivity contribution in [3.8, 4) is 22.6 Å². The lowest BCUT2D eigenvalue weighted by Crippen LogP contribution is -2.27. The zero-order valence-corrected chi connectivity index (χ0v) is 21.5. The van der Waals surface area contributed by atoms with E-state index in [1.807, 2.05) is 24.3 Å². The van der Waals surface area contributed by atoms with Crippen molar-refractivity contribution in [2.24, 2.45) is 5.92 Å². The number of ether oxygens (including phenoxy) is 2. The van der Waals surface area contributed by atoms with E-state index in [0.717, 1.165) is 65.7 Å². The molecule has 0 atom stereocenters. The number of benzene rings is 3. The van der Waals surface area contributed by atoms with Gasteiger partial charge in [0.25, 0.3) is 0 Å². The van der Waals surface area contributed by atoms with E-state index >= 15 is 0 Å². The second kappa shape index (κ2) is 10.4. The molecule has 0 unspecified atom stereocenters. The van der Waals surface area contributed by atoms with Gasteiger partial charge in [-0.3, -0.25) is 4.79 Å². The van der Waals surface area contributed by atoms with E-state index in [2.05, 4.69) is 67.8 Å². The predicted octanol–water partition coefficient (Wildman–Crippen LogP) is 6.83. The van der Waals surface area contributed by atoms with E-state index in [1.165, 1.54) is 24.0 Å². The summed E-state index contributed by atoms with van der Waals surface area (Å²) in [5.74, 6) is 2.24. The highest BCUT2D eigenvalue weighted by molar-refractivity contribution is 6.02. The summed E-state index contributed by atoms with van der Waals surface area (Å²) in [6, 6.07) is 20.7. The van der Waals surface area contributed by atoms with Crippen molar-refractivity contribution in [2.75, 3.05) is 18.7 Å². The van der Waals surface area contributed by atoms with Gasteiger partial charge in [-0.15, -0.1) is 0 Å². The van der Waals surface area contributed by atoms with Gasteiger partial charge in [0.2, 0.25) is 12.7 Å². The molecule has 3 aromatic carbocycles. The van der Waals surface area contributed by atoms with Crippen molar-refractivity contribution >= 4 is 11.6 Å². The molecular weight excluding hydrogens is 448 g/mol. The Morgan fingerprint density at radius 2 is 1.72 bits per heavy atom. The smallest absolute Gasteiger partial charge is 0.235 e. The Morgan fingerprint density at radius 1 is 0.972 bits per heavy atom. The third kappa shape index (κ3) is 4.98. The van der Waals surface area contributed by atoms with E-state index in [0.29, 0.717) is 0 Å². The summed E-state index contributed by atoms with van der Waals surface area (Å²) in [7, 11) is 0. The Kier molecular flexibility index (Phi) is 7.01. The molecule has 1 aliphatic carbocycles. The Hall–Kier alpha value is -3.31. The largest absolute Gasteiger partial charge is 0.454 e. The van der Waals surface area contributed by atoms with Crippen LogP contribution in [0.5, 0.6) is 11.5 Å². The predicted molar refractivity (Wildman–Crippen MR) is 147 cm³/mol. The third-order valence-corrected chi connectivity index (χ3v) is 7.79. The molecule has 5 nitrogen and oxygen atoms in total. The molecule has 1 aliphatic heterocycles. The summed E-state index contributed by atoms with van der Waals surface area (Å²) in [6.07, 6.45) is 4.10. The standard InChI is InChI=1S/C31H36N2O3.H2/c1-4-22(5-2)18-32-19-23-7-9-24(10-8-23)27-17-26(12-6-21(27)3)33-30(34)31(14-15-31)25-11-13-28-29(16-25)36-20-35-28;/h6-13,16-17,22,32H,4-5,14-15,18-20H2,1-3H3,(H,33,34);1H. The summed E-state index contributed by atoms with van der Waals surface area (Å²) in [5.41, 5.74) is 6.08. The van der Waals surface area contributed by atoms with E-state index in [4.69, 9.17) is 9.47 Å². The minimum atomic E-state index is -0.491. The molecule has 0 bridgehead atoms. The first-order valence-electron chi connectivity index (χ1n) is 13.1. The molecule has 1 saturated carbocycles. The average Bonchev–Trinajstić information content (AvgIpc) is 3.59. The first-order chi connectivity index (χ1) is 17.5. The van der Waals surface area contributed by atoms with Gasteiger partial charge in [0.05, 0.1) is 5.41 Å². The van der Waals surface area contributed by atoms with Crippen LogP contribution in [0.15, 0.2) is 60.7 Å². The first kappa shape index (κ1) is 24.4. The summed E-state index contributed by atoms with van der Waals surface area (Å²) in [5, 5.41) is 6.78. The van der Waals surface area contributed by atoms with Crippen molar-refractivity contribution in [2.45, 2.75) is 58.4 Å². The summed E-state index contributed by atoms with van der Waals surface area (Å²) >= 11 is 0. The number of fused-ring (bicyclic) bond motifs is 1. The molecule has 3 aromatic rings. The maximum absolute atomic E-state index is 13.4. The lowest BCUT2D eigenvalue weighted by molar-refractivity contribution is -0.118. The molecule has 36 heavy (non-hydrogen) atoms. The van der Waals surface area contributed by atoms with Crippen LogP contribution in [0.25, 0.3) is 11.1 Å². The zero-order chi connectivity index (χ0) is 25.1. The quantitative estimate of drug-likeness (QED) is 0.330. The summed E-state index contributed by atoms with van der Waals surface area (Å²) in [4.78, 5) is 13.4. The maximum Gasteiger partial charge on any atom is 0.235 e. The van der Waals surface area contributed by atoms with Crippen molar-refractivity contribution in [1.82, 2.24) is 5.32 Å². The van der Waals surface area contributed by atoms with Crippen molar-refractivity contribution in [3.05, 3.63) is 77.4 Å². The number of anilines is 1. The molecule has 0 spiro atoms. The van der Waals surface area contributed by atoms with Gasteiger partial charge >= 0.3 is 0 Å². The molecule has 2 N–H and O–H groups in total. The average molecular weight is 487 g/mol. The van der Waals surface area contributed by atoms with Crippen LogP contribution in [-0.2, 0) is 16.8 Å². The van der Waals surface area contributed by atoms with E-state index in [1.54, 1.807) is 0 Å². The molecule has 0 saturated heterocycles. The van der Waals surface area contributed by atoms with Crippen LogP contribution in [0.2, 0.25) is 0 Å². The SMILES string of the molecule is CCC(CC)CNCc1ccc(-c2cc(NC(=O)C3(c4ccc5c(c4)OCO5)CC3)ccc2C)cc1.[HH]. The number of hydrogen-bond donors (Lipinski definition) is 2. The normalized spacial score (nSPS) is 15.2. The Balaban J connectivity index is 0.00000320. The fraction of sp³-hybridized carbons (Fsp3) is 0.387. The van der Waals surface area contributed by atoms with Gasteiger partial charge < -0.3 is 20.1 Å². The number of carbonyl (C=O) groups excluding carboxylic acids is 1. The number of rotatable bonds is 10. The van der Waals surface area contributed by atoms with Gasteiger partial charge in [-0.25, -0.2) is 0 Å². The van der Waals surface area contributed by atoms with Gasteiger partial charge in [-0.05, 0) is 84.3 Å². The number of carbonyl (C=O) groups is 1. The van der Waals surface area contributed by atoms with Crippen LogP contribution in [-0.4, -0.2) is 19.2 Å². The fourth-order valence-electron chi connectivity index (χ4n) is 5.03. The van der Waals surface area contributed by atoms with Crippen molar-refractivity contribution in [1.29, 1.82) is 0 Å². The summed E-state index contributed by atoms with van der Waals surface area (Å²) in [6.45, 7) is 8.80. The zero-order valence-electron chi connectivity index (χ0n) is 21.5. The molecule has 1 heterocycles. The summed E-state index contributed by atoms with van der Waals surface area (Å²) < 4.78 is 11.0. The minimum absolute atomic E-state index is 0. The topological polar surface area (TPSA) is 59.6 Å². The third-order valence-electron chi connectivity index (χ3n) is 7.79. The van der Waals surface area contributed by atoms with E-state index in [9.17, 15) is 4.79 Å². The Bertz CT molecular complexity index is 1230. The highest BCUT2D eigenvalue weighted by Gasteiger charge is 2.51. The lowest BCUT2D eigenvalue weighted by atomic mass is 9.94. The van der Waals surface area contributed by atoms with Crippen LogP contribution in [0.3, 0.4) is 0 Å². The van der Waals surface area contributed by atoms with E-state index < -0.39 is 5.41 Å². The van der Waals surface area contributed by atoms with Crippen LogP contribution in [0.4, 0.5) is 5.69 Å². The number of nitrogens with one attached hydrogen (secondary N) is 2. The molecular formula is C31H38N2O3.